The van der Waals surface area contributed by atoms with Gasteiger partial charge in [0.05, 0.1) is 0 Å². The summed E-state index contributed by atoms with van der Waals surface area (Å²) in [6.45, 7) is 17.1. The fourth-order valence-electron chi connectivity index (χ4n) is 1.07. The first-order chi connectivity index (χ1) is 9.44. The molecule has 2 nitrogen and oxygen atoms in total. The van der Waals surface area contributed by atoms with E-state index in [1.807, 2.05) is 9.80 Å². The molecular weight excluding hydrogens is 420 g/mol. The molecule has 0 saturated heterocycles. The molecule has 0 bridgehead atoms. The zero-order valence-corrected chi connectivity index (χ0v) is 17.2. The molecule has 0 atom stereocenters. The van der Waals surface area contributed by atoms with Gasteiger partial charge in [0.25, 0.3) is 0 Å². The fourth-order valence-corrected chi connectivity index (χ4v) is 1.67. The summed E-state index contributed by atoms with van der Waals surface area (Å²) < 4.78 is 0.944. The van der Waals surface area contributed by atoms with E-state index in [0.29, 0.717) is 34.8 Å². The molecule has 0 rings (SSSR count). The van der Waals surface area contributed by atoms with Crippen molar-refractivity contribution in [2.45, 2.75) is 0 Å². The summed E-state index contributed by atoms with van der Waals surface area (Å²) in [4.78, 5) is 3.68. The molecule has 0 fully saturated rings. The van der Waals surface area contributed by atoms with Crippen molar-refractivity contribution in [1.29, 1.82) is 0 Å². The van der Waals surface area contributed by atoms with Crippen molar-refractivity contribution in [3.8, 4) is 0 Å². The van der Waals surface area contributed by atoms with Crippen LogP contribution in [0.2, 0.25) is 0 Å². The van der Waals surface area contributed by atoms with Gasteiger partial charge >= 0.3 is 21.1 Å². The maximum absolute atomic E-state index is 4.79. The van der Waals surface area contributed by atoms with Crippen LogP contribution < -0.4 is 0 Å². The van der Waals surface area contributed by atoms with Crippen molar-refractivity contribution in [3.63, 3.8) is 0 Å². The predicted octanol–water partition coefficient (Wildman–Crippen LogP) is 2.98. The van der Waals surface area contributed by atoms with Crippen molar-refractivity contribution >= 4 is 58.3 Å². The Morgan fingerprint density at radius 2 is 0.905 bits per heavy atom. The third-order valence-electron chi connectivity index (χ3n) is 1.91. The van der Waals surface area contributed by atoms with Gasteiger partial charge in [-0.15, -0.1) is 26.3 Å². The first-order valence-corrected chi connectivity index (χ1v) is 7.43. The van der Waals surface area contributed by atoms with Crippen LogP contribution in [0.1, 0.15) is 0 Å². The molecular formula is C14H20MoN2S4. The van der Waals surface area contributed by atoms with Gasteiger partial charge in [-0.3, -0.25) is 0 Å². The minimum atomic E-state index is 0. The van der Waals surface area contributed by atoms with E-state index in [0.717, 1.165) is 0 Å². The molecule has 0 radical (unpaired) electrons. The van der Waals surface area contributed by atoms with Gasteiger partial charge in [0.2, 0.25) is 0 Å². The molecule has 0 aromatic heterocycles. The van der Waals surface area contributed by atoms with Gasteiger partial charge in [0.15, 0.2) is 0 Å². The Labute approximate surface area is 165 Å². The molecule has 0 aromatic carbocycles. The van der Waals surface area contributed by atoms with E-state index in [9.17, 15) is 0 Å². The number of thiocarbonyl (C=S) groups is 2. The van der Waals surface area contributed by atoms with Crippen LogP contribution in [0.5, 0.6) is 0 Å². The summed E-state index contributed by atoms with van der Waals surface area (Å²) in [6.07, 6.45) is 7.06. The van der Waals surface area contributed by atoms with Crippen LogP contribution in [-0.2, 0) is 46.3 Å². The van der Waals surface area contributed by atoms with Crippen molar-refractivity contribution in [3.05, 3.63) is 50.6 Å². The van der Waals surface area contributed by atoms with E-state index in [2.05, 4.69) is 26.3 Å². The molecule has 0 aliphatic rings. The van der Waals surface area contributed by atoms with Gasteiger partial charge in [0, 0.05) is 26.2 Å². The summed E-state index contributed by atoms with van der Waals surface area (Å²) in [7, 11) is 0. The van der Waals surface area contributed by atoms with Gasteiger partial charge in [-0.25, -0.2) is 0 Å². The molecule has 7 heteroatoms. The number of hydrogen-bond acceptors (Lipinski definition) is 4. The molecule has 0 aromatic rings. The van der Waals surface area contributed by atoms with Crippen LogP contribution in [0.4, 0.5) is 0 Å². The maximum Gasteiger partial charge on any atom is 2.00 e. The van der Waals surface area contributed by atoms with Gasteiger partial charge in [-0.2, -0.15) is 0 Å². The standard InChI is InChI=1S/2C7H11NS2.Mo/c2*1-3-5-8(6-4-2)7(9)10;/h2*3-4H,1-2,5-6H2,(H,9,10);/q;;+2/p-2. The molecule has 0 aliphatic heterocycles. The van der Waals surface area contributed by atoms with Gasteiger partial charge in [-0.05, 0) is 0 Å². The number of nitrogens with zero attached hydrogens (tertiary/aromatic N) is 2. The van der Waals surface area contributed by atoms with Crippen LogP contribution >= 0.6 is 24.4 Å². The van der Waals surface area contributed by atoms with Crippen molar-refractivity contribution < 1.29 is 21.1 Å². The van der Waals surface area contributed by atoms with Crippen molar-refractivity contribution in [1.82, 2.24) is 9.80 Å². The predicted molar refractivity (Wildman–Crippen MR) is 104 cm³/mol. The van der Waals surface area contributed by atoms with Crippen LogP contribution in [0.15, 0.2) is 50.6 Å². The molecule has 0 N–H and O–H groups in total. The van der Waals surface area contributed by atoms with Crippen LogP contribution in [0, 0.1) is 0 Å². The fraction of sp³-hybridized carbons (Fsp3) is 0.286. The molecule has 116 valence electrons. The van der Waals surface area contributed by atoms with E-state index in [1.54, 1.807) is 24.3 Å². The monoisotopic (exact) mass is 442 g/mol. The van der Waals surface area contributed by atoms with E-state index in [4.69, 9.17) is 49.7 Å². The van der Waals surface area contributed by atoms with Crippen LogP contribution in [-0.4, -0.2) is 44.6 Å². The summed E-state index contributed by atoms with van der Waals surface area (Å²) in [5.41, 5.74) is 0. The van der Waals surface area contributed by atoms with Crippen molar-refractivity contribution in [2.75, 3.05) is 26.2 Å². The minimum Gasteiger partial charge on any atom is -0.411 e. The molecule has 0 unspecified atom stereocenters. The Bertz CT molecular complexity index is 305. The topological polar surface area (TPSA) is 6.48 Å². The molecule has 0 aliphatic carbocycles. The summed E-state index contributed by atoms with van der Waals surface area (Å²) >= 11 is 19.2. The average Bonchev–Trinajstić information content (AvgIpc) is 2.38. The molecule has 0 heterocycles. The molecule has 0 saturated carbocycles. The smallest absolute Gasteiger partial charge is 0.411 e. The third kappa shape index (κ3) is 16.1. The van der Waals surface area contributed by atoms with Gasteiger partial charge < -0.3 is 59.5 Å². The Morgan fingerprint density at radius 1 is 0.714 bits per heavy atom. The zero-order chi connectivity index (χ0) is 16.0. The Balaban J connectivity index is -0.000000295. The van der Waals surface area contributed by atoms with Crippen molar-refractivity contribution in [2.24, 2.45) is 0 Å². The van der Waals surface area contributed by atoms with E-state index in [1.165, 1.54) is 0 Å². The number of hydrogen-bond donors (Lipinski definition) is 0. The largest absolute Gasteiger partial charge is 2.00 e. The van der Waals surface area contributed by atoms with E-state index < -0.39 is 0 Å². The quantitative estimate of drug-likeness (QED) is 0.246. The average molecular weight is 441 g/mol. The zero-order valence-electron chi connectivity index (χ0n) is 11.9. The van der Waals surface area contributed by atoms with Crippen LogP contribution in [0.3, 0.4) is 0 Å². The second-order valence-corrected chi connectivity index (χ2v) is 5.56. The number of rotatable bonds is 8. The third-order valence-corrected chi connectivity index (χ3v) is 2.95. The Hall–Kier alpha value is -0.132. The first-order valence-electron chi connectivity index (χ1n) is 5.79. The first kappa shape index (κ1) is 25.8. The second-order valence-electron chi connectivity index (χ2n) is 3.50. The molecule has 0 amide bonds. The summed E-state index contributed by atoms with van der Waals surface area (Å²) in [6, 6.07) is 0. The summed E-state index contributed by atoms with van der Waals surface area (Å²) in [5.74, 6) is 0. The molecule has 0 spiro atoms. The Morgan fingerprint density at radius 3 is 1.00 bits per heavy atom. The van der Waals surface area contributed by atoms with E-state index in [-0.39, 0.29) is 21.1 Å². The maximum atomic E-state index is 4.79. The Kier molecular flexibility index (Phi) is 22.0. The minimum absolute atomic E-state index is 0. The second kappa shape index (κ2) is 17.9. The van der Waals surface area contributed by atoms with Gasteiger partial charge in [-0.1, -0.05) is 32.9 Å². The SMILES string of the molecule is C=CCN(CC=C)C(=S)[S-].C=CCN(CC=C)C(=S)[S-].[Mo+2]. The normalized spacial score (nSPS) is 8.00. The van der Waals surface area contributed by atoms with E-state index >= 15 is 0 Å². The molecule has 21 heavy (non-hydrogen) atoms. The van der Waals surface area contributed by atoms with Crippen LogP contribution in [0.25, 0.3) is 0 Å². The van der Waals surface area contributed by atoms with Gasteiger partial charge in [0.1, 0.15) is 0 Å². The summed E-state index contributed by atoms with van der Waals surface area (Å²) in [5, 5.41) is 0.